The minimum Gasteiger partial charge on any atom is -0.361 e. The molecule has 0 fully saturated rings. The first-order valence-electron chi connectivity index (χ1n) is 8.69. The van der Waals surface area contributed by atoms with Gasteiger partial charge in [0.1, 0.15) is 0 Å². The number of aromatic nitrogens is 1. The van der Waals surface area contributed by atoms with Crippen LogP contribution < -0.4 is 5.32 Å². The first kappa shape index (κ1) is 17.5. The summed E-state index contributed by atoms with van der Waals surface area (Å²) in [5, 5.41) is 6.93. The molecule has 0 unspecified atom stereocenters. The van der Waals surface area contributed by atoms with Crippen molar-refractivity contribution in [3.8, 4) is 0 Å². The minimum absolute atomic E-state index is 0.872. The summed E-state index contributed by atoms with van der Waals surface area (Å²) < 4.78 is 0. The number of para-hydroxylation sites is 1. The average Bonchev–Trinajstić information content (AvgIpc) is 3.27. The van der Waals surface area contributed by atoms with Gasteiger partial charge in [0, 0.05) is 49.2 Å². The van der Waals surface area contributed by atoms with Gasteiger partial charge < -0.3 is 15.2 Å². The lowest BCUT2D eigenvalue weighted by Crippen LogP contribution is -2.40. The number of hydrogen-bond donors (Lipinski definition) is 2. The molecule has 0 radical (unpaired) electrons. The van der Waals surface area contributed by atoms with E-state index in [4.69, 9.17) is 0 Å². The van der Waals surface area contributed by atoms with Crippen molar-refractivity contribution in [3.05, 3.63) is 57.9 Å². The molecular formula is C20H26N4S. The van der Waals surface area contributed by atoms with Crippen LogP contribution >= 0.6 is 11.3 Å². The van der Waals surface area contributed by atoms with Gasteiger partial charge in [0.25, 0.3) is 0 Å². The van der Waals surface area contributed by atoms with Crippen LogP contribution in [0.1, 0.15) is 16.0 Å². The molecule has 0 aliphatic carbocycles. The molecule has 2 N–H and O–H groups in total. The zero-order chi connectivity index (χ0) is 17.6. The van der Waals surface area contributed by atoms with Gasteiger partial charge in [-0.3, -0.25) is 4.99 Å². The van der Waals surface area contributed by atoms with E-state index in [9.17, 15) is 0 Å². The Bertz CT molecular complexity index is 833. The number of benzene rings is 1. The maximum atomic E-state index is 4.41. The van der Waals surface area contributed by atoms with Crippen LogP contribution in [0.4, 0.5) is 0 Å². The van der Waals surface area contributed by atoms with E-state index in [1.807, 2.05) is 18.4 Å². The third kappa shape index (κ3) is 4.23. The van der Waals surface area contributed by atoms with Gasteiger partial charge in [-0.15, -0.1) is 11.3 Å². The summed E-state index contributed by atoms with van der Waals surface area (Å²) in [5.74, 6) is 0.951. The molecule has 2 heterocycles. The van der Waals surface area contributed by atoms with Crippen LogP contribution in [0.2, 0.25) is 0 Å². The summed E-state index contributed by atoms with van der Waals surface area (Å²) >= 11 is 1.81. The van der Waals surface area contributed by atoms with Gasteiger partial charge in [0.05, 0.1) is 0 Å². The fourth-order valence-electron chi connectivity index (χ4n) is 3.10. The number of aryl methyl sites for hydroxylation is 1. The molecule has 132 valence electrons. The Morgan fingerprint density at radius 1 is 1.24 bits per heavy atom. The van der Waals surface area contributed by atoms with E-state index in [0.29, 0.717) is 0 Å². The molecule has 25 heavy (non-hydrogen) atoms. The Balaban J connectivity index is 1.53. The van der Waals surface area contributed by atoms with Crippen LogP contribution in [0.15, 0.2) is 46.9 Å². The molecule has 4 nitrogen and oxygen atoms in total. The SMILES string of the molecule is CN=C(NCCc1c[nH]c2c(C)cccc12)N(C)CCc1cccs1. The first-order valence-corrected chi connectivity index (χ1v) is 9.56. The van der Waals surface area contributed by atoms with Crippen LogP contribution in [0.5, 0.6) is 0 Å². The van der Waals surface area contributed by atoms with E-state index < -0.39 is 0 Å². The van der Waals surface area contributed by atoms with E-state index in [1.165, 1.54) is 26.9 Å². The quantitative estimate of drug-likeness (QED) is 0.522. The van der Waals surface area contributed by atoms with E-state index in [2.05, 4.69) is 76.1 Å². The van der Waals surface area contributed by atoms with Gasteiger partial charge in [-0.05, 0) is 42.3 Å². The van der Waals surface area contributed by atoms with Crippen LogP contribution in [-0.4, -0.2) is 43.0 Å². The number of H-pyrrole nitrogens is 1. The van der Waals surface area contributed by atoms with Gasteiger partial charge in [-0.1, -0.05) is 24.3 Å². The van der Waals surface area contributed by atoms with Gasteiger partial charge in [-0.2, -0.15) is 0 Å². The Kier molecular flexibility index (Phi) is 5.76. The second-order valence-electron chi connectivity index (χ2n) is 6.29. The predicted octanol–water partition coefficient (Wildman–Crippen LogP) is 3.83. The third-order valence-electron chi connectivity index (χ3n) is 4.53. The van der Waals surface area contributed by atoms with Crippen LogP contribution in [-0.2, 0) is 12.8 Å². The highest BCUT2D eigenvalue weighted by Gasteiger charge is 2.08. The standard InChI is InChI=1S/C20H26N4S/c1-15-6-4-8-18-16(14-23-19(15)18)9-11-22-20(21-2)24(3)12-10-17-7-5-13-25-17/h4-8,13-14,23H,9-12H2,1-3H3,(H,21,22). The Labute approximate surface area is 153 Å². The number of aromatic amines is 1. The molecule has 0 bridgehead atoms. The molecule has 0 atom stereocenters. The molecule has 0 aliphatic rings. The van der Waals surface area contributed by atoms with Crippen LogP contribution in [0, 0.1) is 6.92 Å². The van der Waals surface area contributed by atoms with E-state index in [1.54, 1.807) is 0 Å². The number of guanidine groups is 1. The number of aliphatic imine (C=N–C) groups is 1. The molecule has 1 aromatic carbocycles. The van der Waals surface area contributed by atoms with Gasteiger partial charge in [0.15, 0.2) is 5.96 Å². The van der Waals surface area contributed by atoms with Gasteiger partial charge in [-0.25, -0.2) is 0 Å². The largest absolute Gasteiger partial charge is 0.361 e. The number of likely N-dealkylation sites (N-methyl/N-ethyl adjacent to an activating group) is 1. The molecule has 3 rings (SSSR count). The summed E-state index contributed by atoms with van der Waals surface area (Å²) in [7, 11) is 3.94. The number of thiophene rings is 1. The second kappa shape index (κ2) is 8.21. The Morgan fingerprint density at radius 3 is 2.88 bits per heavy atom. The molecule has 0 amide bonds. The lowest BCUT2D eigenvalue weighted by molar-refractivity contribution is 0.487. The van der Waals surface area contributed by atoms with Crippen molar-refractivity contribution in [2.75, 3.05) is 27.2 Å². The molecule has 0 spiro atoms. The van der Waals surface area contributed by atoms with E-state index in [-0.39, 0.29) is 0 Å². The zero-order valence-corrected chi connectivity index (χ0v) is 16.0. The summed E-state index contributed by atoms with van der Waals surface area (Å²) in [6, 6.07) is 10.8. The monoisotopic (exact) mass is 354 g/mol. The van der Waals surface area contributed by atoms with Crippen molar-refractivity contribution in [1.82, 2.24) is 15.2 Å². The highest BCUT2D eigenvalue weighted by molar-refractivity contribution is 7.09. The highest BCUT2D eigenvalue weighted by atomic mass is 32.1. The third-order valence-corrected chi connectivity index (χ3v) is 5.47. The molecular weight excluding hydrogens is 328 g/mol. The molecule has 0 saturated carbocycles. The number of nitrogens with one attached hydrogen (secondary N) is 2. The lowest BCUT2D eigenvalue weighted by atomic mass is 10.1. The van der Waals surface area contributed by atoms with Crippen molar-refractivity contribution >= 4 is 28.2 Å². The summed E-state index contributed by atoms with van der Waals surface area (Å²) in [4.78, 5) is 11.4. The Morgan fingerprint density at radius 2 is 2.12 bits per heavy atom. The normalized spacial score (nSPS) is 11.9. The number of nitrogens with zero attached hydrogens (tertiary/aromatic N) is 2. The fraction of sp³-hybridized carbons (Fsp3) is 0.350. The topological polar surface area (TPSA) is 43.4 Å². The summed E-state index contributed by atoms with van der Waals surface area (Å²) in [6.45, 7) is 3.98. The molecule has 5 heteroatoms. The van der Waals surface area contributed by atoms with Crippen molar-refractivity contribution in [3.63, 3.8) is 0 Å². The van der Waals surface area contributed by atoms with E-state index >= 15 is 0 Å². The number of hydrogen-bond acceptors (Lipinski definition) is 2. The molecule has 3 aromatic rings. The predicted molar refractivity (Wildman–Crippen MR) is 109 cm³/mol. The zero-order valence-electron chi connectivity index (χ0n) is 15.2. The van der Waals surface area contributed by atoms with Crippen molar-refractivity contribution in [2.45, 2.75) is 19.8 Å². The van der Waals surface area contributed by atoms with Crippen molar-refractivity contribution in [2.24, 2.45) is 4.99 Å². The summed E-state index contributed by atoms with van der Waals surface area (Å²) in [6.07, 6.45) is 4.15. The lowest BCUT2D eigenvalue weighted by Gasteiger charge is -2.21. The van der Waals surface area contributed by atoms with Crippen LogP contribution in [0.3, 0.4) is 0 Å². The highest BCUT2D eigenvalue weighted by Crippen LogP contribution is 2.21. The second-order valence-corrected chi connectivity index (χ2v) is 7.32. The van der Waals surface area contributed by atoms with Gasteiger partial charge >= 0.3 is 0 Å². The van der Waals surface area contributed by atoms with Gasteiger partial charge in [0.2, 0.25) is 0 Å². The van der Waals surface area contributed by atoms with Crippen molar-refractivity contribution in [1.29, 1.82) is 0 Å². The fourth-order valence-corrected chi connectivity index (χ4v) is 3.80. The maximum Gasteiger partial charge on any atom is 0.193 e. The Hall–Kier alpha value is -2.27. The molecule has 2 aromatic heterocycles. The molecule has 0 saturated heterocycles. The minimum atomic E-state index is 0.872. The first-order chi connectivity index (χ1) is 12.2. The number of rotatable bonds is 6. The van der Waals surface area contributed by atoms with E-state index in [0.717, 1.165) is 31.9 Å². The maximum absolute atomic E-state index is 4.41. The summed E-state index contributed by atoms with van der Waals surface area (Å²) in [5.41, 5.74) is 3.89. The number of fused-ring (bicyclic) bond motifs is 1. The van der Waals surface area contributed by atoms with Crippen molar-refractivity contribution < 1.29 is 0 Å². The van der Waals surface area contributed by atoms with Crippen LogP contribution in [0.25, 0.3) is 10.9 Å². The molecule has 0 aliphatic heterocycles. The average molecular weight is 355 g/mol. The smallest absolute Gasteiger partial charge is 0.193 e.